The quantitative estimate of drug-likeness (QED) is 0.477. The second-order valence-corrected chi connectivity index (χ2v) is 6.25. The number of nitro benzene ring substituents is 2. The van der Waals surface area contributed by atoms with Crippen LogP contribution in [-0.2, 0) is 6.54 Å². The molecule has 0 saturated carbocycles. The molecule has 1 amide bonds. The highest BCUT2D eigenvalue weighted by Crippen LogP contribution is 2.23. The third-order valence-corrected chi connectivity index (χ3v) is 4.17. The Bertz CT molecular complexity index is 1100. The lowest BCUT2D eigenvalue weighted by molar-refractivity contribution is -0.394. The molecule has 1 N–H and O–H groups in total. The summed E-state index contributed by atoms with van der Waals surface area (Å²) in [6.07, 6.45) is 1.53. The van der Waals surface area contributed by atoms with Crippen LogP contribution in [0.3, 0.4) is 0 Å². The number of halogens is 2. The molecule has 0 aliphatic rings. The first-order valence-electron chi connectivity index (χ1n) is 7.95. The maximum absolute atomic E-state index is 13.1. The van der Waals surface area contributed by atoms with Crippen molar-refractivity contribution in [2.45, 2.75) is 6.54 Å². The molecular formula is C17H11ClFN5O5. The number of hydrogen-bond acceptors (Lipinski definition) is 6. The third-order valence-electron chi connectivity index (χ3n) is 3.82. The van der Waals surface area contributed by atoms with Gasteiger partial charge >= 0.3 is 0 Å². The summed E-state index contributed by atoms with van der Waals surface area (Å²) in [7, 11) is 0. The molecule has 0 bridgehead atoms. The van der Waals surface area contributed by atoms with Gasteiger partial charge in [0.2, 0.25) is 0 Å². The van der Waals surface area contributed by atoms with E-state index in [0.717, 1.165) is 24.3 Å². The van der Waals surface area contributed by atoms with Gasteiger partial charge in [0, 0.05) is 29.4 Å². The fourth-order valence-corrected chi connectivity index (χ4v) is 2.69. The van der Waals surface area contributed by atoms with Crippen molar-refractivity contribution in [1.29, 1.82) is 0 Å². The maximum Gasteiger partial charge on any atom is 0.277 e. The van der Waals surface area contributed by atoms with Gasteiger partial charge in [-0.2, -0.15) is 5.10 Å². The molecule has 3 aromatic rings. The molecule has 148 valence electrons. The minimum atomic E-state index is -0.828. The number of non-ortho nitro benzene ring substituents is 2. The predicted octanol–water partition coefficient (Wildman–Crippen LogP) is 3.79. The fourth-order valence-electron chi connectivity index (χ4n) is 2.47. The molecule has 0 spiro atoms. The van der Waals surface area contributed by atoms with Crippen molar-refractivity contribution < 1.29 is 19.0 Å². The van der Waals surface area contributed by atoms with Gasteiger partial charge in [0.25, 0.3) is 17.3 Å². The van der Waals surface area contributed by atoms with Crippen LogP contribution in [0.4, 0.5) is 21.6 Å². The lowest BCUT2D eigenvalue weighted by atomic mass is 10.1. The Hall–Kier alpha value is -3.86. The second kappa shape index (κ2) is 8.02. The van der Waals surface area contributed by atoms with E-state index in [9.17, 15) is 29.4 Å². The van der Waals surface area contributed by atoms with Crippen molar-refractivity contribution in [2.24, 2.45) is 0 Å². The van der Waals surface area contributed by atoms with Crippen LogP contribution in [0.15, 0.2) is 48.7 Å². The zero-order chi connectivity index (χ0) is 21.1. The van der Waals surface area contributed by atoms with Crippen LogP contribution in [0.5, 0.6) is 0 Å². The topological polar surface area (TPSA) is 133 Å². The van der Waals surface area contributed by atoms with Gasteiger partial charge in [0.05, 0.1) is 28.0 Å². The molecule has 1 aromatic heterocycles. The monoisotopic (exact) mass is 419 g/mol. The van der Waals surface area contributed by atoms with Crippen molar-refractivity contribution in [1.82, 2.24) is 9.78 Å². The molecule has 2 aromatic carbocycles. The van der Waals surface area contributed by atoms with Gasteiger partial charge in [0.1, 0.15) is 5.82 Å². The summed E-state index contributed by atoms with van der Waals surface area (Å²) in [5.41, 5.74) is -0.827. The molecule has 3 rings (SSSR count). The molecule has 10 nitrogen and oxygen atoms in total. The largest absolute Gasteiger partial charge is 0.305 e. The molecule has 0 unspecified atom stereocenters. The Morgan fingerprint density at radius 3 is 2.34 bits per heavy atom. The van der Waals surface area contributed by atoms with Crippen LogP contribution in [0, 0.1) is 26.0 Å². The van der Waals surface area contributed by atoms with Crippen molar-refractivity contribution in [3.63, 3.8) is 0 Å². The summed E-state index contributed by atoms with van der Waals surface area (Å²) in [6.45, 7) is 0.206. The van der Waals surface area contributed by atoms with E-state index in [4.69, 9.17) is 11.6 Å². The first-order valence-corrected chi connectivity index (χ1v) is 8.33. The number of nitrogens with one attached hydrogen (secondary N) is 1. The number of rotatable bonds is 6. The van der Waals surface area contributed by atoms with Crippen molar-refractivity contribution >= 4 is 34.7 Å². The van der Waals surface area contributed by atoms with Crippen molar-refractivity contribution in [3.8, 4) is 0 Å². The number of nitrogens with zero attached hydrogens (tertiary/aromatic N) is 4. The van der Waals surface area contributed by atoms with Crippen LogP contribution >= 0.6 is 11.6 Å². The summed E-state index contributed by atoms with van der Waals surface area (Å²) in [4.78, 5) is 32.6. The van der Waals surface area contributed by atoms with Gasteiger partial charge in [-0.25, -0.2) is 4.39 Å². The van der Waals surface area contributed by atoms with Gasteiger partial charge in [-0.1, -0.05) is 17.7 Å². The Morgan fingerprint density at radius 2 is 1.76 bits per heavy atom. The van der Waals surface area contributed by atoms with E-state index in [1.54, 1.807) is 0 Å². The highest BCUT2D eigenvalue weighted by atomic mass is 35.5. The van der Waals surface area contributed by atoms with Crippen LogP contribution in [0.25, 0.3) is 0 Å². The molecule has 0 fully saturated rings. The number of nitro groups is 2. The molecule has 0 atom stereocenters. The van der Waals surface area contributed by atoms with Gasteiger partial charge in [-0.15, -0.1) is 0 Å². The number of aromatic nitrogens is 2. The zero-order valence-corrected chi connectivity index (χ0v) is 15.2. The summed E-state index contributed by atoms with van der Waals surface area (Å²) in [5.74, 6) is -1.16. The van der Waals surface area contributed by atoms with E-state index in [0.29, 0.717) is 5.56 Å². The van der Waals surface area contributed by atoms with E-state index in [1.165, 1.54) is 29.1 Å². The Balaban J connectivity index is 1.78. The first-order chi connectivity index (χ1) is 13.7. The number of amides is 1. The lowest BCUT2D eigenvalue weighted by Gasteiger charge is -2.05. The average molecular weight is 420 g/mol. The van der Waals surface area contributed by atoms with Gasteiger partial charge in [-0.05, 0) is 17.7 Å². The Morgan fingerprint density at radius 1 is 1.10 bits per heavy atom. The Kier molecular flexibility index (Phi) is 5.50. The SMILES string of the molecule is O=C(Nc1ccn(Cc2ccc(F)cc2Cl)n1)c1cc([N+](=O)[O-])cc([N+](=O)[O-])c1. The first kappa shape index (κ1) is 19.9. The second-order valence-electron chi connectivity index (χ2n) is 5.84. The zero-order valence-electron chi connectivity index (χ0n) is 14.4. The van der Waals surface area contributed by atoms with Crippen LogP contribution < -0.4 is 5.32 Å². The molecule has 29 heavy (non-hydrogen) atoms. The maximum atomic E-state index is 13.1. The number of hydrogen-bond donors (Lipinski definition) is 1. The summed E-state index contributed by atoms with van der Waals surface area (Å²) >= 11 is 5.97. The van der Waals surface area contributed by atoms with Crippen molar-refractivity contribution in [3.05, 3.63) is 90.9 Å². The van der Waals surface area contributed by atoms with Gasteiger partial charge in [0.15, 0.2) is 5.82 Å². The normalized spacial score (nSPS) is 10.6. The van der Waals surface area contributed by atoms with Crippen LogP contribution in [0.2, 0.25) is 5.02 Å². The average Bonchev–Trinajstić information content (AvgIpc) is 3.10. The molecule has 1 heterocycles. The minimum Gasteiger partial charge on any atom is -0.305 e. The van der Waals surface area contributed by atoms with Gasteiger partial charge < -0.3 is 5.32 Å². The van der Waals surface area contributed by atoms with E-state index in [2.05, 4.69) is 10.4 Å². The number of anilines is 1. The highest BCUT2D eigenvalue weighted by Gasteiger charge is 2.20. The van der Waals surface area contributed by atoms with Crippen LogP contribution in [0.1, 0.15) is 15.9 Å². The molecule has 12 heteroatoms. The standard InChI is InChI=1S/C17H11ClFN5O5/c18-15-7-12(19)2-1-10(15)9-22-4-3-16(21-22)20-17(25)11-5-13(23(26)27)8-14(6-11)24(28)29/h1-8H,9H2,(H,20,21,25). The number of benzene rings is 2. The molecule has 0 radical (unpaired) electrons. The third kappa shape index (κ3) is 4.71. The Labute approximate surface area is 166 Å². The fraction of sp³-hybridized carbons (Fsp3) is 0.0588. The van der Waals surface area contributed by atoms with Gasteiger partial charge in [-0.3, -0.25) is 29.7 Å². The van der Waals surface area contributed by atoms with Crippen LogP contribution in [-0.4, -0.2) is 25.5 Å². The summed E-state index contributed by atoms with van der Waals surface area (Å²) in [5, 5.41) is 28.6. The van der Waals surface area contributed by atoms with E-state index >= 15 is 0 Å². The molecule has 0 aliphatic carbocycles. The minimum absolute atomic E-state index is 0.113. The molecule has 0 saturated heterocycles. The number of carbonyl (C=O) groups excluding carboxylic acids is 1. The molecular weight excluding hydrogens is 409 g/mol. The number of carbonyl (C=O) groups is 1. The molecule has 0 aliphatic heterocycles. The predicted molar refractivity (Wildman–Crippen MR) is 100 cm³/mol. The van der Waals surface area contributed by atoms with E-state index < -0.39 is 32.9 Å². The summed E-state index contributed by atoms with van der Waals surface area (Å²) in [6, 6.07) is 8.00. The highest BCUT2D eigenvalue weighted by molar-refractivity contribution is 6.31. The smallest absolute Gasteiger partial charge is 0.277 e. The summed E-state index contributed by atoms with van der Waals surface area (Å²) < 4.78 is 14.5. The van der Waals surface area contributed by atoms with E-state index in [1.807, 2.05) is 0 Å². The lowest BCUT2D eigenvalue weighted by Crippen LogP contribution is -2.13. The van der Waals surface area contributed by atoms with E-state index in [-0.39, 0.29) is 22.9 Å². The van der Waals surface area contributed by atoms with Crippen molar-refractivity contribution in [2.75, 3.05) is 5.32 Å².